The second kappa shape index (κ2) is 8.41. The van der Waals surface area contributed by atoms with E-state index in [1.807, 2.05) is 11.0 Å². The van der Waals surface area contributed by atoms with Crippen LogP contribution in [0.15, 0.2) is 24.4 Å². The summed E-state index contributed by atoms with van der Waals surface area (Å²) in [6, 6.07) is 5.28. The van der Waals surface area contributed by atoms with Crippen molar-refractivity contribution in [2.45, 2.75) is 25.8 Å². The monoisotopic (exact) mass is 424 g/mol. The van der Waals surface area contributed by atoms with Crippen LogP contribution in [-0.4, -0.2) is 60.5 Å². The third-order valence-corrected chi connectivity index (χ3v) is 7.68. The molecule has 0 aromatic carbocycles. The Morgan fingerprint density at radius 3 is 2.89 bits per heavy atom. The number of carbonyl (C=O) groups excluding carboxylic acids is 1. The van der Waals surface area contributed by atoms with Crippen LogP contribution in [0.4, 0.5) is 16.0 Å². The lowest BCUT2D eigenvalue weighted by atomic mass is 10.1. The molecule has 11 heteroatoms. The fraction of sp³-hybridized carbons (Fsp3) is 0.471. The summed E-state index contributed by atoms with van der Waals surface area (Å²) in [5.41, 5.74) is 5.66. The number of anilines is 3. The van der Waals surface area contributed by atoms with Gasteiger partial charge in [-0.25, -0.2) is 22.7 Å². The second-order valence-electron chi connectivity index (χ2n) is 6.54. The lowest BCUT2D eigenvalue weighted by Gasteiger charge is -2.36. The molecule has 3 rings (SSSR count). The maximum atomic E-state index is 12.2. The molecule has 1 aliphatic heterocycles. The molecular weight excluding hydrogens is 400 g/mol. The number of rotatable bonds is 7. The van der Waals surface area contributed by atoms with Gasteiger partial charge in [0.25, 0.3) is 5.91 Å². The van der Waals surface area contributed by atoms with Gasteiger partial charge in [-0.15, -0.1) is 0 Å². The van der Waals surface area contributed by atoms with Crippen LogP contribution in [0.5, 0.6) is 0 Å². The number of pyridine rings is 1. The van der Waals surface area contributed by atoms with Crippen LogP contribution >= 0.6 is 11.3 Å². The van der Waals surface area contributed by atoms with Gasteiger partial charge in [0.05, 0.1) is 5.75 Å². The molecule has 2 aromatic rings. The van der Waals surface area contributed by atoms with Crippen molar-refractivity contribution in [3.63, 3.8) is 0 Å². The van der Waals surface area contributed by atoms with Crippen molar-refractivity contribution in [2.24, 2.45) is 5.73 Å². The molecule has 0 aliphatic carbocycles. The first kappa shape index (κ1) is 20.5. The van der Waals surface area contributed by atoms with Crippen molar-refractivity contribution >= 4 is 43.2 Å². The number of primary amides is 1. The minimum absolute atomic E-state index is 0.0707. The molecule has 0 spiro atoms. The van der Waals surface area contributed by atoms with Crippen molar-refractivity contribution in [3.8, 4) is 0 Å². The average Bonchev–Trinajstić information content (AvgIpc) is 3.12. The van der Waals surface area contributed by atoms with E-state index in [0.29, 0.717) is 22.5 Å². The van der Waals surface area contributed by atoms with Gasteiger partial charge in [0, 0.05) is 32.4 Å². The van der Waals surface area contributed by atoms with Crippen LogP contribution in [0.25, 0.3) is 0 Å². The number of nitrogens with one attached hydrogen (secondary N) is 1. The minimum atomic E-state index is -3.27. The first-order valence-corrected chi connectivity index (χ1v) is 11.4. The number of aromatic nitrogens is 2. The van der Waals surface area contributed by atoms with E-state index in [1.165, 1.54) is 15.6 Å². The normalized spacial score (nSPS) is 17.7. The zero-order chi connectivity index (χ0) is 20.3. The summed E-state index contributed by atoms with van der Waals surface area (Å²) in [6.07, 6.45) is 3.27. The number of sulfonamides is 1. The third-order valence-electron chi connectivity index (χ3n) is 4.74. The predicted molar refractivity (Wildman–Crippen MR) is 111 cm³/mol. The van der Waals surface area contributed by atoms with Crippen LogP contribution in [-0.2, 0) is 10.0 Å². The summed E-state index contributed by atoms with van der Waals surface area (Å²) in [5.74, 6) is 0.0342. The standard InChI is InChI=1S/C17H24N6O3S2/c1-3-28(25,26)22(2)12-7-6-10-23(11-12)17-21-14(15(18)24)16(27-17)20-13-8-4-5-9-19-13/h4-5,8-9,12H,3,6-7,10-11H2,1-2H3,(H2,18,24)(H,19,20). The van der Waals surface area contributed by atoms with E-state index in [4.69, 9.17) is 5.73 Å². The van der Waals surface area contributed by atoms with Crippen molar-refractivity contribution in [3.05, 3.63) is 30.1 Å². The van der Waals surface area contributed by atoms with Crippen molar-refractivity contribution in [1.82, 2.24) is 14.3 Å². The topological polar surface area (TPSA) is 122 Å². The smallest absolute Gasteiger partial charge is 0.270 e. The fourth-order valence-electron chi connectivity index (χ4n) is 3.10. The number of nitrogens with zero attached hydrogens (tertiary/aromatic N) is 4. The highest BCUT2D eigenvalue weighted by Gasteiger charge is 2.31. The Bertz CT molecular complexity index is 932. The van der Waals surface area contributed by atoms with Gasteiger partial charge in [-0.3, -0.25) is 4.79 Å². The molecule has 0 saturated carbocycles. The number of piperidine rings is 1. The van der Waals surface area contributed by atoms with E-state index in [1.54, 1.807) is 32.3 Å². The number of thiazole rings is 1. The summed E-state index contributed by atoms with van der Waals surface area (Å²) >= 11 is 1.31. The number of hydrogen-bond donors (Lipinski definition) is 2. The maximum Gasteiger partial charge on any atom is 0.270 e. The van der Waals surface area contributed by atoms with Gasteiger partial charge in [-0.2, -0.15) is 0 Å². The van der Waals surface area contributed by atoms with Gasteiger partial charge in [-0.05, 0) is 31.9 Å². The molecule has 1 atom stereocenters. The Hall–Kier alpha value is -2.24. The first-order chi connectivity index (χ1) is 13.3. The van der Waals surface area contributed by atoms with Crippen LogP contribution in [0.1, 0.15) is 30.3 Å². The molecule has 28 heavy (non-hydrogen) atoms. The Morgan fingerprint density at radius 2 is 2.25 bits per heavy atom. The second-order valence-corrected chi connectivity index (χ2v) is 9.83. The van der Waals surface area contributed by atoms with Gasteiger partial charge in [0.15, 0.2) is 10.8 Å². The maximum absolute atomic E-state index is 12.2. The van der Waals surface area contributed by atoms with Crippen LogP contribution < -0.4 is 16.0 Å². The van der Waals surface area contributed by atoms with Gasteiger partial charge < -0.3 is 16.0 Å². The van der Waals surface area contributed by atoms with E-state index < -0.39 is 15.9 Å². The van der Waals surface area contributed by atoms with Gasteiger partial charge in [0.2, 0.25) is 10.0 Å². The largest absolute Gasteiger partial charge is 0.364 e. The zero-order valence-corrected chi connectivity index (χ0v) is 17.5. The van der Waals surface area contributed by atoms with E-state index in [-0.39, 0.29) is 17.5 Å². The molecule has 1 fully saturated rings. The number of amides is 1. The molecule has 1 unspecified atom stereocenters. The number of hydrogen-bond acceptors (Lipinski definition) is 8. The molecular formula is C17H24N6O3S2. The minimum Gasteiger partial charge on any atom is -0.364 e. The lowest BCUT2D eigenvalue weighted by Crippen LogP contribution is -2.49. The molecule has 3 heterocycles. The quantitative estimate of drug-likeness (QED) is 0.693. The van der Waals surface area contributed by atoms with Gasteiger partial charge in [0.1, 0.15) is 10.8 Å². The molecule has 9 nitrogen and oxygen atoms in total. The van der Waals surface area contributed by atoms with Crippen LogP contribution in [0.2, 0.25) is 0 Å². The van der Waals surface area contributed by atoms with Crippen LogP contribution in [0, 0.1) is 0 Å². The molecule has 3 N–H and O–H groups in total. The van der Waals surface area contributed by atoms with Gasteiger partial charge >= 0.3 is 0 Å². The van der Waals surface area contributed by atoms with Gasteiger partial charge in [-0.1, -0.05) is 17.4 Å². The Morgan fingerprint density at radius 1 is 1.46 bits per heavy atom. The number of carbonyl (C=O) groups is 1. The molecule has 0 radical (unpaired) electrons. The highest BCUT2D eigenvalue weighted by atomic mass is 32.2. The van der Waals surface area contributed by atoms with Crippen molar-refractivity contribution in [1.29, 1.82) is 0 Å². The summed E-state index contributed by atoms with van der Waals surface area (Å²) in [7, 11) is -1.64. The summed E-state index contributed by atoms with van der Waals surface area (Å²) in [6.45, 7) is 2.90. The highest BCUT2D eigenvalue weighted by Crippen LogP contribution is 2.34. The van der Waals surface area contributed by atoms with E-state index in [0.717, 1.165) is 19.4 Å². The SMILES string of the molecule is CCS(=O)(=O)N(C)C1CCCN(c2nc(C(N)=O)c(Nc3ccccn3)s2)C1. The molecule has 1 saturated heterocycles. The molecule has 1 aliphatic rings. The lowest BCUT2D eigenvalue weighted by molar-refractivity contribution is 0.0997. The Labute approximate surface area is 168 Å². The summed E-state index contributed by atoms with van der Waals surface area (Å²) in [5, 5.41) is 4.26. The molecule has 0 bridgehead atoms. The molecule has 1 amide bonds. The predicted octanol–water partition coefficient (Wildman–Crippen LogP) is 1.63. The fourth-order valence-corrected chi connectivity index (χ4v) is 5.15. The summed E-state index contributed by atoms with van der Waals surface area (Å²) in [4.78, 5) is 22.5. The van der Waals surface area contributed by atoms with E-state index in [2.05, 4.69) is 15.3 Å². The number of likely N-dealkylation sites (N-methyl/N-ethyl adjacent to an activating group) is 1. The average molecular weight is 425 g/mol. The zero-order valence-electron chi connectivity index (χ0n) is 15.8. The van der Waals surface area contributed by atoms with E-state index >= 15 is 0 Å². The highest BCUT2D eigenvalue weighted by molar-refractivity contribution is 7.89. The summed E-state index contributed by atoms with van der Waals surface area (Å²) < 4.78 is 25.9. The van der Waals surface area contributed by atoms with Crippen LogP contribution in [0.3, 0.4) is 0 Å². The van der Waals surface area contributed by atoms with Crippen molar-refractivity contribution in [2.75, 3.05) is 36.1 Å². The number of nitrogens with two attached hydrogens (primary N) is 1. The van der Waals surface area contributed by atoms with E-state index in [9.17, 15) is 13.2 Å². The third kappa shape index (κ3) is 4.42. The molecule has 152 valence electrons. The first-order valence-electron chi connectivity index (χ1n) is 9.01. The Kier molecular flexibility index (Phi) is 6.16. The Balaban J connectivity index is 1.83. The molecule has 2 aromatic heterocycles. The van der Waals surface area contributed by atoms with Crippen molar-refractivity contribution < 1.29 is 13.2 Å².